The third-order valence-electron chi connectivity index (χ3n) is 2.20. The molecule has 5 nitrogen and oxygen atoms in total. The second-order valence-corrected chi connectivity index (χ2v) is 4.97. The van der Waals surface area contributed by atoms with Crippen LogP contribution in [0.25, 0.3) is 0 Å². The molecule has 0 aromatic heterocycles. The third-order valence-corrected chi connectivity index (χ3v) is 2.20. The topological polar surface area (TPSA) is 55.8 Å². The first-order chi connectivity index (χ1) is 7.83. The lowest BCUT2D eigenvalue weighted by Gasteiger charge is -2.29. The molecule has 1 unspecified atom stereocenters. The van der Waals surface area contributed by atoms with Gasteiger partial charge in [0.25, 0.3) is 0 Å². The molecular weight excluding hydrogens is 222 g/mol. The van der Waals surface area contributed by atoms with Gasteiger partial charge in [-0.15, -0.1) is 6.58 Å². The van der Waals surface area contributed by atoms with Gasteiger partial charge in [-0.1, -0.05) is 6.08 Å². The molecule has 1 rings (SSSR count). The van der Waals surface area contributed by atoms with Crippen LogP contribution in [0.2, 0.25) is 0 Å². The molecule has 0 N–H and O–H groups in total. The minimum atomic E-state index is -0.584. The number of hydrogen-bond acceptors (Lipinski definition) is 4. The number of rotatable bonds is 1. The molecule has 0 radical (unpaired) electrons. The van der Waals surface area contributed by atoms with Crippen LogP contribution in [0, 0.1) is 0 Å². The van der Waals surface area contributed by atoms with Crippen LogP contribution in [-0.2, 0) is 14.3 Å². The van der Waals surface area contributed by atoms with Crippen molar-refractivity contribution in [3.8, 4) is 0 Å². The lowest BCUT2D eigenvalue weighted by Crippen LogP contribution is -2.45. The molecule has 5 heteroatoms. The van der Waals surface area contributed by atoms with Gasteiger partial charge >= 0.3 is 6.09 Å². The average molecular weight is 241 g/mol. The normalized spacial score (nSPS) is 21.9. The van der Waals surface area contributed by atoms with Gasteiger partial charge in [0.1, 0.15) is 12.2 Å². The maximum Gasteiger partial charge on any atom is 0.411 e. The lowest BCUT2D eigenvalue weighted by atomic mass is 10.2. The molecule has 0 spiro atoms. The Morgan fingerprint density at radius 2 is 2.24 bits per heavy atom. The Labute approximate surface area is 101 Å². The first kappa shape index (κ1) is 13.7. The Bertz CT molecular complexity index is 319. The molecule has 96 valence electrons. The Morgan fingerprint density at radius 1 is 1.59 bits per heavy atom. The summed E-state index contributed by atoms with van der Waals surface area (Å²) in [5.41, 5.74) is -0.584. The SMILES string of the molecule is C=CC1COCC(=O)CN1C(=O)OC(C)(C)C. The van der Waals surface area contributed by atoms with Crippen molar-refractivity contribution in [3.05, 3.63) is 12.7 Å². The van der Waals surface area contributed by atoms with Crippen LogP contribution in [-0.4, -0.2) is 48.2 Å². The summed E-state index contributed by atoms with van der Waals surface area (Å²) in [6, 6.07) is -0.323. The minimum absolute atomic E-state index is 0.00556. The van der Waals surface area contributed by atoms with E-state index in [1.807, 2.05) is 0 Å². The molecule has 1 atom stereocenters. The Kier molecular flexibility index (Phi) is 4.28. The number of ketones is 1. The zero-order valence-electron chi connectivity index (χ0n) is 10.6. The number of Topliss-reactive ketones (excluding diaryl/α,β-unsaturated/α-hetero) is 1. The zero-order chi connectivity index (χ0) is 13.1. The number of carbonyl (C=O) groups is 2. The Hall–Kier alpha value is -1.36. The summed E-state index contributed by atoms with van der Waals surface area (Å²) in [6.07, 6.45) is 1.07. The summed E-state index contributed by atoms with van der Waals surface area (Å²) in [7, 11) is 0. The van der Waals surface area contributed by atoms with E-state index in [-0.39, 0.29) is 31.6 Å². The van der Waals surface area contributed by atoms with Gasteiger partial charge in [0.15, 0.2) is 5.78 Å². The van der Waals surface area contributed by atoms with Crippen LogP contribution in [0.15, 0.2) is 12.7 Å². The molecule has 1 fully saturated rings. The van der Waals surface area contributed by atoms with Gasteiger partial charge in [-0.05, 0) is 20.8 Å². The van der Waals surface area contributed by atoms with Crippen molar-refractivity contribution in [2.75, 3.05) is 19.8 Å². The van der Waals surface area contributed by atoms with E-state index in [1.54, 1.807) is 26.8 Å². The molecule has 17 heavy (non-hydrogen) atoms. The first-order valence-electron chi connectivity index (χ1n) is 5.55. The molecule has 1 amide bonds. The monoisotopic (exact) mass is 241 g/mol. The van der Waals surface area contributed by atoms with Crippen molar-refractivity contribution in [2.45, 2.75) is 32.4 Å². The van der Waals surface area contributed by atoms with Gasteiger partial charge in [-0.2, -0.15) is 0 Å². The number of ether oxygens (including phenoxy) is 2. The number of carbonyl (C=O) groups excluding carboxylic acids is 2. The molecular formula is C12H19NO4. The summed E-state index contributed by atoms with van der Waals surface area (Å²) >= 11 is 0. The third kappa shape index (κ3) is 4.19. The number of hydrogen-bond donors (Lipinski definition) is 0. The fourth-order valence-electron chi connectivity index (χ4n) is 1.45. The van der Waals surface area contributed by atoms with Crippen molar-refractivity contribution in [3.63, 3.8) is 0 Å². The average Bonchev–Trinajstić information content (AvgIpc) is 2.37. The molecule has 0 aromatic rings. The number of nitrogens with zero attached hydrogens (tertiary/aromatic N) is 1. The van der Waals surface area contributed by atoms with E-state index in [0.29, 0.717) is 0 Å². The molecule has 1 heterocycles. The van der Waals surface area contributed by atoms with Crippen LogP contribution in [0.3, 0.4) is 0 Å². The molecule has 1 saturated heterocycles. The van der Waals surface area contributed by atoms with Gasteiger partial charge in [0.05, 0.1) is 19.2 Å². The van der Waals surface area contributed by atoms with Crippen LogP contribution in [0.4, 0.5) is 4.79 Å². The van der Waals surface area contributed by atoms with Crippen LogP contribution in [0.5, 0.6) is 0 Å². The van der Waals surface area contributed by atoms with Crippen molar-refractivity contribution in [1.82, 2.24) is 4.90 Å². The highest BCUT2D eigenvalue weighted by Crippen LogP contribution is 2.14. The van der Waals surface area contributed by atoms with Crippen molar-refractivity contribution in [1.29, 1.82) is 0 Å². The predicted molar refractivity (Wildman–Crippen MR) is 62.8 cm³/mol. The molecule has 0 aromatic carbocycles. The van der Waals surface area contributed by atoms with Crippen molar-refractivity contribution >= 4 is 11.9 Å². The van der Waals surface area contributed by atoms with Crippen LogP contribution < -0.4 is 0 Å². The van der Waals surface area contributed by atoms with Crippen molar-refractivity contribution in [2.24, 2.45) is 0 Å². The standard InChI is InChI=1S/C12H19NO4/c1-5-9-7-16-8-10(14)6-13(9)11(15)17-12(2,3)4/h5,9H,1,6-8H2,2-4H3. The van der Waals surface area contributed by atoms with E-state index in [1.165, 1.54) is 4.90 Å². The fourth-order valence-corrected chi connectivity index (χ4v) is 1.45. The highest BCUT2D eigenvalue weighted by atomic mass is 16.6. The second-order valence-electron chi connectivity index (χ2n) is 4.97. The molecule has 0 saturated carbocycles. The summed E-state index contributed by atoms with van der Waals surface area (Å²) in [5.74, 6) is -0.139. The smallest absolute Gasteiger partial charge is 0.411 e. The first-order valence-corrected chi connectivity index (χ1v) is 5.55. The van der Waals surface area contributed by atoms with Gasteiger partial charge in [0.2, 0.25) is 0 Å². The molecule has 1 aliphatic heterocycles. The summed E-state index contributed by atoms with van der Waals surface area (Å²) in [6.45, 7) is 9.29. The van der Waals surface area contributed by atoms with E-state index in [4.69, 9.17) is 9.47 Å². The van der Waals surface area contributed by atoms with Crippen LogP contribution in [0.1, 0.15) is 20.8 Å². The minimum Gasteiger partial charge on any atom is -0.444 e. The Morgan fingerprint density at radius 3 is 2.76 bits per heavy atom. The fraction of sp³-hybridized carbons (Fsp3) is 0.667. The number of amides is 1. The van der Waals surface area contributed by atoms with E-state index in [0.717, 1.165) is 0 Å². The maximum atomic E-state index is 11.9. The maximum absolute atomic E-state index is 11.9. The van der Waals surface area contributed by atoms with Crippen molar-refractivity contribution < 1.29 is 19.1 Å². The van der Waals surface area contributed by atoms with E-state index in [9.17, 15) is 9.59 Å². The highest BCUT2D eigenvalue weighted by Gasteiger charge is 2.30. The molecule has 0 bridgehead atoms. The molecule has 1 aliphatic rings. The van der Waals surface area contributed by atoms with Gasteiger partial charge in [-0.25, -0.2) is 4.79 Å². The molecule has 0 aliphatic carbocycles. The van der Waals surface area contributed by atoms with Gasteiger partial charge < -0.3 is 9.47 Å². The predicted octanol–water partition coefficient (Wildman–Crippen LogP) is 1.38. The van der Waals surface area contributed by atoms with Gasteiger partial charge in [-0.3, -0.25) is 9.69 Å². The van der Waals surface area contributed by atoms with Crippen LogP contribution >= 0.6 is 0 Å². The summed E-state index contributed by atoms with van der Waals surface area (Å²) in [5, 5.41) is 0. The van der Waals surface area contributed by atoms with E-state index in [2.05, 4.69) is 6.58 Å². The van der Waals surface area contributed by atoms with E-state index < -0.39 is 11.7 Å². The second kappa shape index (κ2) is 5.31. The summed E-state index contributed by atoms with van der Waals surface area (Å²) < 4.78 is 10.4. The van der Waals surface area contributed by atoms with E-state index >= 15 is 0 Å². The lowest BCUT2D eigenvalue weighted by molar-refractivity contribution is -0.122. The summed E-state index contributed by atoms with van der Waals surface area (Å²) in [4.78, 5) is 24.7. The highest BCUT2D eigenvalue weighted by molar-refractivity contribution is 5.85. The zero-order valence-corrected chi connectivity index (χ0v) is 10.6. The Balaban J connectivity index is 2.78. The van der Waals surface area contributed by atoms with Gasteiger partial charge in [0, 0.05) is 0 Å². The quantitative estimate of drug-likeness (QED) is 0.651. The largest absolute Gasteiger partial charge is 0.444 e.